The van der Waals surface area contributed by atoms with Gasteiger partial charge in [-0.15, -0.1) is 0 Å². The van der Waals surface area contributed by atoms with Gasteiger partial charge in [0.2, 0.25) is 21.8 Å². The van der Waals surface area contributed by atoms with Crippen molar-refractivity contribution >= 4 is 27.5 Å². The first-order valence-electron chi connectivity index (χ1n) is 14.4. The molecule has 0 aliphatic carbocycles. The van der Waals surface area contributed by atoms with Crippen molar-refractivity contribution in [1.82, 2.24) is 10.2 Å². The molecule has 0 aromatic heterocycles. The van der Waals surface area contributed by atoms with Crippen molar-refractivity contribution in [2.45, 2.75) is 78.9 Å². The number of anilines is 1. The lowest BCUT2D eigenvalue weighted by Crippen LogP contribution is -2.54. The van der Waals surface area contributed by atoms with Crippen LogP contribution in [-0.2, 0) is 32.6 Å². The van der Waals surface area contributed by atoms with Gasteiger partial charge in [-0.2, -0.15) is 0 Å². The monoisotopic (exact) mass is 591 g/mol. The van der Waals surface area contributed by atoms with E-state index in [1.54, 1.807) is 11.0 Å². The standard InChI is InChI=1S/C34H45N3O4S/c1-25-13-11-16-29(21-25)24-36(31(33(39)35-34(4,5)6)23-28-14-9-8-10-15-28)32(38)17-12-20-37(42(7,40)41)30-19-18-26(2)27(3)22-30/h8-11,13-16,18-19,21-22,31H,12,17,20,23-24H2,1-7H3,(H,35,39)/t31-/m0/s1. The normalized spacial score (nSPS) is 12.5. The maximum atomic E-state index is 14.0. The van der Waals surface area contributed by atoms with E-state index in [-0.39, 0.29) is 31.3 Å². The summed E-state index contributed by atoms with van der Waals surface area (Å²) in [5.41, 5.74) is 5.12. The van der Waals surface area contributed by atoms with Gasteiger partial charge in [-0.3, -0.25) is 13.9 Å². The van der Waals surface area contributed by atoms with E-state index in [1.807, 2.05) is 108 Å². The number of benzene rings is 3. The number of nitrogens with one attached hydrogen (secondary N) is 1. The molecule has 7 nitrogen and oxygen atoms in total. The lowest BCUT2D eigenvalue weighted by molar-refractivity contribution is -0.142. The molecule has 0 fully saturated rings. The number of rotatable bonds is 12. The first-order chi connectivity index (χ1) is 19.6. The minimum Gasteiger partial charge on any atom is -0.350 e. The summed E-state index contributed by atoms with van der Waals surface area (Å²) in [7, 11) is -3.57. The molecule has 3 aromatic rings. The highest BCUT2D eigenvalue weighted by molar-refractivity contribution is 7.92. The second kappa shape index (κ2) is 14.0. The van der Waals surface area contributed by atoms with Crippen molar-refractivity contribution in [3.05, 3.63) is 101 Å². The first-order valence-corrected chi connectivity index (χ1v) is 16.2. The van der Waals surface area contributed by atoms with Crippen LogP contribution >= 0.6 is 0 Å². The van der Waals surface area contributed by atoms with E-state index in [1.165, 1.54) is 10.6 Å². The highest BCUT2D eigenvalue weighted by Gasteiger charge is 2.32. The van der Waals surface area contributed by atoms with Gasteiger partial charge in [0.05, 0.1) is 11.9 Å². The number of amides is 2. The molecule has 0 aliphatic rings. The van der Waals surface area contributed by atoms with Crippen LogP contribution in [0.5, 0.6) is 0 Å². The minimum absolute atomic E-state index is 0.0940. The van der Waals surface area contributed by atoms with Crippen molar-refractivity contribution in [3.63, 3.8) is 0 Å². The molecule has 0 aliphatic heterocycles. The van der Waals surface area contributed by atoms with E-state index in [0.717, 1.165) is 27.8 Å². The molecule has 2 amide bonds. The molecule has 0 saturated heterocycles. The van der Waals surface area contributed by atoms with Crippen LogP contribution in [0.1, 0.15) is 61.4 Å². The van der Waals surface area contributed by atoms with E-state index < -0.39 is 21.6 Å². The average Bonchev–Trinajstić information content (AvgIpc) is 2.89. The summed E-state index contributed by atoms with van der Waals surface area (Å²) in [4.78, 5) is 29.4. The van der Waals surface area contributed by atoms with Crippen molar-refractivity contribution in [1.29, 1.82) is 0 Å². The molecular weight excluding hydrogens is 546 g/mol. The number of hydrogen-bond donors (Lipinski definition) is 1. The first kappa shape index (κ1) is 32.9. The zero-order valence-electron chi connectivity index (χ0n) is 26.0. The number of hydrogen-bond acceptors (Lipinski definition) is 4. The molecule has 0 saturated carbocycles. The molecular formula is C34H45N3O4S. The van der Waals surface area contributed by atoms with Crippen LogP contribution in [0.15, 0.2) is 72.8 Å². The molecule has 0 unspecified atom stereocenters. The zero-order chi connectivity index (χ0) is 31.1. The number of carbonyl (C=O) groups is 2. The van der Waals surface area contributed by atoms with Gasteiger partial charge in [0.25, 0.3) is 0 Å². The van der Waals surface area contributed by atoms with Crippen LogP contribution in [0, 0.1) is 20.8 Å². The Morgan fingerprint density at radius 2 is 1.52 bits per heavy atom. The summed E-state index contributed by atoms with van der Waals surface area (Å²) in [6.45, 7) is 12.1. The molecule has 226 valence electrons. The molecule has 0 radical (unpaired) electrons. The molecule has 1 atom stereocenters. The van der Waals surface area contributed by atoms with Crippen molar-refractivity contribution in [2.24, 2.45) is 0 Å². The topological polar surface area (TPSA) is 86.8 Å². The smallest absolute Gasteiger partial charge is 0.243 e. The summed E-state index contributed by atoms with van der Waals surface area (Å²) < 4.78 is 26.8. The Morgan fingerprint density at radius 3 is 2.12 bits per heavy atom. The van der Waals surface area contributed by atoms with Gasteiger partial charge in [0, 0.05) is 31.5 Å². The second-order valence-corrected chi connectivity index (χ2v) is 14.1. The predicted octanol–water partition coefficient (Wildman–Crippen LogP) is 5.71. The van der Waals surface area contributed by atoms with Crippen LogP contribution in [0.3, 0.4) is 0 Å². The van der Waals surface area contributed by atoms with E-state index in [9.17, 15) is 18.0 Å². The number of sulfonamides is 1. The Morgan fingerprint density at radius 1 is 0.857 bits per heavy atom. The molecule has 8 heteroatoms. The lowest BCUT2D eigenvalue weighted by Gasteiger charge is -2.34. The highest BCUT2D eigenvalue weighted by Crippen LogP contribution is 2.23. The van der Waals surface area contributed by atoms with Crippen molar-refractivity contribution in [2.75, 3.05) is 17.1 Å². The van der Waals surface area contributed by atoms with Gasteiger partial charge >= 0.3 is 0 Å². The average molecular weight is 592 g/mol. The number of nitrogens with zero attached hydrogens (tertiary/aromatic N) is 2. The lowest BCUT2D eigenvalue weighted by atomic mass is 10.00. The van der Waals surface area contributed by atoms with Gasteiger partial charge in [0.15, 0.2) is 0 Å². The van der Waals surface area contributed by atoms with Gasteiger partial charge in [-0.05, 0) is 82.3 Å². The van der Waals surface area contributed by atoms with Crippen LogP contribution in [0.4, 0.5) is 5.69 Å². The Balaban J connectivity index is 1.91. The van der Waals surface area contributed by atoms with Crippen LogP contribution < -0.4 is 9.62 Å². The van der Waals surface area contributed by atoms with Gasteiger partial charge < -0.3 is 10.2 Å². The largest absolute Gasteiger partial charge is 0.350 e. The van der Waals surface area contributed by atoms with Crippen LogP contribution in [0.2, 0.25) is 0 Å². The Kier molecular flexibility index (Phi) is 11.0. The SMILES string of the molecule is Cc1cccc(CN(C(=O)CCCN(c2ccc(C)c(C)c2)S(C)(=O)=O)[C@@H](Cc2ccccc2)C(=O)NC(C)(C)C)c1. The van der Waals surface area contributed by atoms with Crippen molar-refractivity contribution in [3.8, 4) is 0 Å². The Bertz CT molecular complexity index is 1480. The van der Waals surface area contributed by atoms with Crippen LogP contribution in [-0.4, -0.2) is 49.5 Å². The maximum Gasteiger partial charge on any atom is 0.243 e. The third-order valence-electron chi connectivity index (χ3n) is 7.14. The fourth-order valence-corrected chi connectivity index (χ4v) is 5.86. The molecule has 1 N–H and O–H groups in total. The van der Waals surface area contributed by atoms with E-state index in [4.69, 9.17) is 0 Å². The molecule has 3 rings (SSSR count). The predicted molar refractivity (Wildman–Crippen MR) is 171 cm³/mol. The third kappa shape index (κ3) is 9.72. The molecule has 42 heavy (non-hydrogen) atoms. The Hall–Kier alpha value is -3.65. The highest BCUT2D eigenvalue weighted by atomic mass is 32.2. The summed E-state index contributed by atoms with van der Waals surface area (Å²) in [5, 5.41) is 3.08. The van der Waals surface area contributed by atoms with Gasteiger partial charge in [-0.1, -0.05) is 66.2 Å². The molecule has 0 heterocycles. The van der Waals surface area contributed by atoms with E-state index in [2.05, 4.69) is 5.32 Å². The van der Waals surface area contributed by atoms with Crippen molar-refractivity contribution < 1.29 is 18.0 Å². The fraction of sp³-hybridized carbons (Fsp3) is 0.412. The Labute approximate surface area is 252 Å². The third-order valence-corrected chi connectivity index (χ3v) is 8.33. The quantitative estimate of drug-likeness (QED) is 0.292. The molecule has 0 spiro atoms. The number of carbonyl (C=O) groups excluding carboxylic acids is 2. The zero-order valence-corrected chi connectivity index (χ0v) is 26.8. The summed E-state index contributed by atoms with van der Waals surface area (Å²) in [6.07, 6.45) is 1.94. The molecule has 0 bridgehead atoms. The summed E-state index contributed by atoms with van der Waals surface area (Å²) in [6, 6.07) is 22.4. The fourth-order valence-electron chi connectivity index (χ4n) is 4.90. The minimum atomic E-state index is -3.57. The van der Waals surface area contributed by atoms with E-state index >= 15 is 0 Å². The number of aryl methyl sites for hydroxylation is 3. The van der Waals surface area contributed by atoms with Gasteiger partial charge in [0.1, 0.15) is 6.04 Å². The maximum absolute atomic E-state index is 14.0. The second-order valence-electron chi connectivity index (χ2n) is 12.2. The molecule has 3 aromatic carbocycles. The van der Waals surface area contributed by atoms with E-state index in [0.29, 0.717) is 18.5 Å². The summed E-state index contributed by atoms with van der Waals surface area (Å²) in [5.74, 6) is -0.421. The van der Waals surface area contributed by atoms with Crippen LogP contribution in [0.25, 0.3) is 0 Å². The van der Waals surface area contributed by atoms with Gasteiger partial charge in [-0.25, -0.2) is 8.42 Å². The summed E-state index contributed by atoms with van der Waals surface area (Å²) >= 11 is 0.